The van der Waals surface area contributed by atoms with Gasteiger partial charge in [0.1, 0.15) is 0 Å². The van der Waals surface area contributed by atoms with Crippen LogP contribution in [-0.2, 0) is 11.3 Å². The van der Waals surface area contributed by atoms with Gasteiger partial charge in [0.15, 0.2) is 5.96 Å². The average molecular weight is 549 g/mol. The van der Waals surface area contributed by atoms with Crippen molar-refractivity contribution in [2.75, 3.05) is 39.8 Å². The Morgan fingerprint density at radius 2 is 2.07 bits per heavy atom. The number of nitrogens with zero attached hydrogens (tertiary/aromatic N) is 4. The predicted molar refractivity (Wildman–Crippen MR) is 129 cm³/mol. The molecule has 0 bridgehead atoms. The number of rotatable bonds is 7. The first-order valence-corrected chi connectivity index (χ1v) is 10.3. The highest BCUT2D eigenvalue weighted by molar-refractivity contribution is 14.0. The Morgan fingerprint density at radius 3 is 2.77 bits per heavy atom. The zero-order valence-corrected chi connectivity index (χ0v) is 20.7. The molecule has 1 unspecified atom stereocenters. The van der Waals surface area contributed by atoms with E-state index in [1.165, 1.54) is 0 Å². The number of hydrogen-bond acceptors (Lipinski definition) is 6. The Morgan fingerprint density at radius 1 is 1.30 bits per heavy atom. The van der Waals surface area contributed by atoms with E-state index in [4.69, 9.17) is 20.9 Å². The van der Waals surface area contributed by atoms with Gasteiger partial charge in [0.2, 0.25) is 11.7 Å². The summed E-state index contributed by atoms with van der Waals surface area (Å²) in [6.07, 6.45) is 0.140. The van der Waals surface area contributed by atoms with Crippen LogP contribution in [-0.4, -0.2) is 66.9 Å². The Hall–Kier alpha value is -1.43. The monoisotopic (exact) mass is 548 g/mol. The lowest BCUT2D eigenvalue weighted by molar-refractivity contribution is -0.0284. The summed E-state index contributed by atoms with van der Waals surface area (Å²) in [5.74, 6) is 2.33. The molecule has 1 atom stereocenters. The molecule has 1 aliphatic heterocycles. The zero-order chi connectivity index (χ0) is 20.6. The van der Waals surface area contributed by atoms with Crippen molar-refractivity contribution in [3.05, 3.63) is 35.2 Å². The maximum absolute atomic E-state index is 5.91. The number of morpholine rings is 1. The largest absolute Gasteiger partial charge is 0.374 e. The zero-order valence-electron chi connectivity index (χ0n) is 17.6. The molecule has 166 valence electrons. The molecule has 0 radical (unpaired) electrons. The highest BCUT2D eigenvalue weighted by Crippen LogP contribution is 2.18. The van der Waals surface area contributed by atoms with E-state index < -0.39 is 0 Å². The molecule has 10 heteroatoms. The van der Waals surface area contributed by atoms with Crippen LogP contribution in [0, 0.1) is 5.92 Å². The second-order valence-corrected chi connectivity index (χ2v) is 7.91. The van der Waals surface area contributed by atoms with Crippen LogP contribution in [0.2, 0.25) is 5.02 Å². The Kier molecular flexibility index (Phi) is 10.3. The summed E-state index contributed by atoms with van der Waals surface area (Å²) in [5.41, 5.74) is 0.854. The molecular formula is C20H30ClIN6O2. The molecule has 8 nitrogen and oxygen atoms in total. The van der Waals surface area contributed by atoms with Crippen LogP contribution in [0.3, 0.4) is 0 Å². The SMILES string of the molecule is CN=C(NCc1nc(-c2ccc(Cl)cc2)no1)NCC1CN(CC(C)C)CCO1.I. The topological polar surface area (TPSA) is 87.8 Å². The summed E-state index contributed by atoms with van der Waals surface area (Å²) < 4.78 is 11.2. The van der Waals surface area contributed by atoms with Gasteiger partial charge in [-0.2, -0.15) is 4.98 Å². The maximum atomic E-state index is 5.91. The number of hydrogen-bond donors (Lipinski definition) is 2. The van der Waals surface area contributed by atoms with Crippen LogP contribution in [0.5, 0.6) is 0 Å². The molecule has 2 aromatic rings. The van der Waals surface area contributed by atoms with Crippen LogP contribution in [0.1, 0.15) is 19.7 Å². The van der Waals surface area contributed by atoms with Crippen LogP contribution in [0.4, 0.5) is 0 Å². The number of nitrogens with one attached hydrogen (secondary N) is 2. The van der Waals surface area contributed by atoms with Gasteiger partial charge in [-0.05, 0) is 30.2 Å². The van der Waals surface area contributed by atoms with E-state index >= 15 is 0 Å². The van der Waals surface area contributed by atoms with Crippen LogP contribution < -0.4 is 10.6 Å². The van der Waals surface area contributed by atoms with Crippen molar-refractivity contribution >= 4 is 41.5 Å². The standard InChI is InChI=1S/C20H29ClN6O2.HI/c1-14(2)12-27-8-9-28-17(13-27)10-23-20(22-3)24-11-18-25-19(26-29-18)15-4-6-16(21)7-5-15;/h4-7,14,17H,8-13H2,1-3H3,(H2,22,23,24);1H. The van der Waals surface area contributed by atoms with Gasteiger partial charge < -0.3 is 19.9 Å². The molecule has 1 aliphatic rings. The summed E-state index contributed by atoms with van der Waals surface area (Å²) in [4.78, 5) is 11.1. The molecule has 0 aliphatic carbocycles. The number of aliphatic imine (C=N–C) groups is 1. The van der Waals surface area contributed by atoms with Gasteiger partial charge in [0.25, 0.3) is 0 Å². The molecule has 30 heavy (non-hydrogen) atoms. The molecule has 0 amide bonds. The van der Waals surface area contributed by atoms with E-state index in [0.29, 0.717) is 41.7 Å². The van der Waals surface area contributed by atoms with Crippen LogP contribution in [0.25, 0.3) is 11.4 Å². The van der Waals surface area contributed by atoms with Gasteiger partial charge >= 0.3 is 0 Å². The highest BCUT2D eigenvalue weighted by Gasteiger charge is 2.21. The number of benzene rings is 1. The lowest BCUT2D eigenvalue weighted by atomic mass is 10.2. The minimum Gasteiger partial charge on any atom is -0.374 e. The van der Waals surface area contributed by atoms with Gasteiger partial charge in [-0.1, -0.05) is 30.6 Å². The van der Waals surface area contributed by atoms with Gasteiger partial charge in [-0.3, -0.25) is 9.89 Å². The fourth-order valence-corrected chi connectivity index (χ4v) is 3.35. The van der Waals surface area contributed by atoms with E-state index in [0.717, 1.165) is 31.8 Å². The second-order valence-electron chi connectivity index (χ2n) is 7.47. The third-order valence-corrected chi connectivity index (χ3v) is 4.80. The van der Waals surface area contributed by atoms with E-state index in [2.05, 4.69) is 44.5 Å². The minimum absolute atomic E-state index is 0. The molecule has 0 saturated carbocycles. The van der Waals surface area contributed by atoms with Crippen LogP contribution >= 0.6 is 35.6 Å². The summed E-state index contributed by atoms with van der Waals surface area (Å²) >= 11 is 5.91. The number of ether oxygens (including phenoxy) is 1. The van der Waals surface area contributed by atoms with Gasteiger partial charge in [0, 0.05) is 43.8 Å². The number of aromatic nitrogens is 2. The summed E-state index contributed by atoms with van der Waals surface area (Å²) in [7, 11) is 1.73. The normalized spacial score (nSPS) is 17.6. The van der Waals surface area contributed by atoms with Crippen molar-refractivity contribution in [1.29, 1.82) is 0 Å². The first-order chi connectivity index (χ1) is 14.0. The number of halogens is 2. The van der Waals surface area contributed by atoms with Crippen LogP contribution in [0.15, 0.2) is 33.8 Å². The quantitative estimate of drug-likeness (QED) is 0.312. The lowest BCUT2D eigenvalue weighted by Gasteiger charge is -2.34. The van der Waals surface area contributed by atoms with Crippen molar-refractivity contribution in [1.82, 2.24) is 25.7 Å². The van der Waals surface area contributed by atoms with E-state index in [1.54, 1.807) is 19.2 Å². The molecule has 1 saturated heterocycles. The second kappa shape index (κ2) is 12.4. The molecule has 2 heterocycles. The van der Waals surface area contributed by atoms with Crippen molar-refractivity contribution in [2.45, 2.75) is 26.5 Å². The molecule has 2 N–H and O–H groups in total. The van der Waals surface area contributed by atoms with E-state index in [-0.39, 0.29) is 30.1 Å². The molecule has 0 spiro atoms. The highest BCUT2D eigenvalue weighted by atomic mass is 127. The maximum Gasteiger partial charge on any atom is 0.246 e. The van der Waals surface area contributed by atoms with Gasteiger partial charge in [-0.25, -0.2) is 0 Å². The van der Waals surface area contributed by atoms with Crippen molar-refractivity contribution in [3.63, 3.8) is 0 Å². The lowest BCUT2D eigenvalue weighted by Crippen LogP contribution is -2.50. The summed E-state index contributed by atoms with van der Waals surface area (Å²) in [6, 6.07) is 7.31. The molecule has 1 aromatic carbocycles. The van der Waals surface area contributed by atoms with E-state index in [9.17, 15) is 0 Å². The summed E-state index contributed by atoms with van der Waals surface area (Å²) in [5, 5.41) is 11.2. The predicted octanol–water partition coefficient (Wildman–Crippen LogP) is 3.03. The molecule has 1 aromatic heterocycles. The third-order valence-electron chi connectivity index (χ3n) is 4.54. The Balaban J connectivity index is 0.00000320. The van der Waals surface area contributed by atoms with Crippen molar-refractivity contribution in [2.24, 2.45) is 10.9 Å². The number of guanidine groups is 1. The van der Waals surface area contributed by atoms with Gasteiger partial charge in [0.05, 0.1) is 19.3 Å². The Bertz CT molecular complexity index is 799. The smallest absolute Gasteiger partial charge is 0.246 e. The fraction of sp³-hybridized carbons (Fsp3) is 0.550. The average Bonchev–Trinajstić information content (AvgIpc) is 3.17. The van der Waals surface area contributed by atoms with Crippen molar-refractivity contribution < 1.29 is 9.26 Å². The van der Waals surface area contributed by atoms with E-state index in [1.807, 2.05) is 12.1 Å². The molecular weight excluding hydrogens is 519 g/mol. The fourth-order valence-electron chi connectivity index (χ4n) is 3.22. The first-order valence-electron chi connectivity index (χ1n) is 9.90. The summed E-state index contributed by atoms with van der Waals surface area (Å²) in [6.45, 7) is 9.33. The first kappa shape index (κ1) is 24.8. The minimum atomic E-state index is 0. The molecule has 3 rings (SSSR count). The molecule has 1 fully saturated rings. The van der Waals surface area contributed by atoms with Gasteiger partial charge in [-0.15, -0.1) is 24.0 Å². The van der Waals surface area contributed by atoms with Crippen molar-refractivity contribution in [3.8, 4) is 11.4 Å². The Labute approximate surface area is 199 Å². The third kappa shape index (κ3) is 7.68.